The van der Waals surface area contributed by atoms with Gasteiger partial charge in [0, 0.05) is 32.7 Å². The van der Waals surface area contributed by atoms with E-state index in [1.165, 1.54) is 37.3 Å². The SMILES string of the molecule is CC(C)=C(C)CN1CCN(C)CC1. The van der Waals surface area contributed by atoms with Crippen molar-refractivity contribution in [1.82, 2.24) is 9.80 Å². The summed E-state index contributed by atoms with van der Waals surface area (Å²) in [6.07, 6.45) is 0. The molecule has 0 aromatic carbocycles. The fourth-order valence-corrected chi connectivity index (χ4v) is 1.50. The van der Waals surface area contributed by atoms with Gasteiger partial charge in [-0.2, -0.15) is 0 Å². The Balaban J connectivity index is 2.35. The zero-order valence-electron chi connectivity index (χ0n) is 9.43. The Morgan fingerprint density at radius 3 is 2.00 bits per heavy atom. The summed E-state index contributed by atoms with van der Waals surface area (Å²) >= 11 is 0. The Labute approximate surface area is 82.2 Å². The summed E-state index contributed by atoms with van der Waals surface area (Å²) in [4.78, 5) is 4.94. The van der Waals surface area contributed by atoms with Crippen molar-refractivity contribution in [3.8, 4) is 0 Å². The first-order valence-electron chi connectivity index (χ1n) is 5.13. The summed E-state index contributed by atoms with van der Waals surface area (Å²) in [5.41, 5.74) is 3.00. The number of hydrogen-bond donors (Lipinski definition) is 0. The zero-order chi connectivity index (χ0) is 9.84. The van der Waals surface area contributed by atoms with Gasteiger partial charge in [-0.1, -0.05) is 11.1 Å². The first kappa shape index (κ1) is 10.7. The van der Waals surface area contributed by atoms with Crippen molar-refractivity contribution in [2.75, 3.05) is 39.8 Å². The molecular formula is C11H22N2. The van der Waals surface area contributed by atoms with E-state index in [4.69, 9.17) is 0 Å². The highest BCUT2D eigenvalue weighted by Crippen LogP contribution is 2.07. The molecule has 0 aromatic rings. The molecule has 76 valence electrons. The van der Waals surface area contributed by atoms with Crippen LogP contribution in [0.3, 0.4) is 0 Å². The molecular weight excluding hydrogens is 160 g/mol. The molecule has 1 aliphatic rings. The quantitative estimate of drug-likeness (QED) is 0.598. The van der Waals surface area contributed by atoms with E-state index in [1.54, 1.807) is 0 Å². The molecule has 0 spiro atoms. The molecule has 0 N–H and O–H groups in total. The van der Waals surface area contributed by atoms with Gasteiger partial charge in [-0.15, -0.1) is 0 Å². The third-order valence-electron chi connectivity index (χ3n) is 2.91. The molecule has 1 fully saturated rings. The summed E-state index contributed by atoms with van der Waals surface area (Å²) in [6, 6.07) is 0. The lowest BCUT2D eigenvalue weighted by atomic mass is 10.1. The van der Waals surface area contributed by atoms with Gasteiger partial charge in [0.2, 0.25) is 0 Å². The number of nitrogens with zero attached hydrogens (tertiary/aromatic N) is 2. The Bertz CT molecular complexity index is 184. The minimum atomic E-state index is 1.16. The fourth-order valence-electron chi connectivity index (χ4n) is 1.50. The normalized spacial score (nSPS) is 20.3. The molecule has 0 radical (unpaired) electrons. The molecule has 13 heavy (non-hydrogen) atoms. The zero-order valence-corrected chi connectivity index (χ0v) is 9.43. The first-order chi connectivity index (χ1) is 6.09. The second-order valence-electron chi connectivity index (χ2n) is 4.36. The average Bonchev–Trinajstić information content (AvgIpc) is 2.08. The van der Waals surface area contributed by atoms with E-state index in [1.807, 2.05) is 0 Å². The molecule has 1 rings (SSSR count). The fraction of sp³-hybridized carbons (Fsp3) is 0.818. The van der Waals surface area contributed by atoms with E-state index >= 15 is 0 Å². The van der Waals surface area contributed by atoms with Gasteiger partial charge in [-0.25, -0.2) is 0 Å². The highest BCUT2D eigenvalue weighted by molar-refractivity contribution is 5.08. The minimum absolute atomic E-state index is 1.16. The lowest BCUT2D eigenvalue weighted by Gasteiger charge is -2.32. The maximum atomic E-state index is 2.54. The largest absolute Gasteiger partial charge is 0.304 e. The van der Waals surface area contributed by atoms with Gasteiger partial charge in [0.25, 0.3) is 0 Å². The molecule has 0 saturated carbocycles. The van der Waals surface area contributed by atoms with Gasteiger partial charge in [-0.05, 0) is 27.8 Å². The van der Waals surface area contributed by atoms with Gasteiger partial charge >= 0.3 is 0 Å². The third kappa shape index (κ3) is 3.49. The summed E-state index contributed by atoms with van der Waals surface area (Å²) in [5, 5.41) is 0. The Morgan fingerprint density at radius 2 is 1.54 bits per heavy atom. The van der Waals surface area contributed by atoms with Crippen LogP contribution in [0.5, 0.6) is 0 Å². The molecule has 1 aliphatic heterocycles. The summed E-state index contributed by atoms with van der Waals surface area (Å²) in [6.45, 7) is 12.7. The standard InChI is InChI=1S/C11H22N2/c1-10(2)11(3)9-13-7-5-12(4)6-8-13/h5-9H2,1-4H3. The molecule has 2 heteroatoms. The smallest absolute Gasteiger partial charge is 0.0193 e. The molecule has 2 nitrogen and oxygen atoms in total. The maximum Gasteiger partial charge on any atom is 0.0193 e. The number of likely N-dealkylation sites (N-methyl/N-ethyl adjacent to an activating group) is 1. The molecule has 0 bridgehead atoms. The van der Waals surface area contributed by atoms with E-state index in [-0.39, 0.29) is 0 Å². The van der Waals surface area contributed by atoms with Crippen molar-refractivity contribution in [1.29, 1.82) is 0 Å². The Hall–Kier alpha value is -0.340. The molecule has 0 amide bonds. The second kappa shape index (κ2) is 4.77. The van der Waals surface area contributed by atoms with E-state index in [9.17, 15) is 0 Å². The van der Waals surface area contributed by atoms with Crippen LogP contribution in [-0.2, 0) is 0 Å². The maximum absolute atomic E-state index is 2.54. The number of allylic oxidation sites excluding steroid dienone is 1. The van der Waals surface area contributed by atoms with Crippen LogP contribution in [-0.4, -0.2) is 49.6 Å². The van der Waals surface area contributed by atoms with Crippen LogP contribution >= 0.6 is 0 Å². The number of hydrogen-bond acceptors (Lipinski definition) is 2. The minimum Gasteiger partial charge on any atom is -0.304 e. The van der Waals surface area contributed by atoms with E-state index in [0.717, 1.165) is 6.54 Å². The van der Waals surface area contributed by atoms with Crippen LogP contribution in [0.1, 0.15) is 20.8 Å². The van der Waals surface area contributed by atoms with Crippen LogP contribution in [0.25, 0.3) is 0 Å². The van der Waals surface area contributed by atoms with Gasteiger partial charge in [0.15, 0.2) is 0 Å². The topological polar surface area (TPSA) is 6.48 Å². The molecule has 1 saturated heterocycles. The van der Waals surface area contributed by atoms with Crippen LogP contribution in [0.4, 0.5) is 0 Å². The van der Waals surface area contributed by atoms with Crippen LogP contribution in [0.2, 0.25) is 0 Å². The highest BCUT2D eigenvalue weighted by Gasteiger charge is 2.13. The van der Waals surface area contributed by atoms with Crippen molar-refractivity contribution < 1.29 is 0 Å². The van der Waals surface area contributed by atoms with Crippen LogP contribution < -0.4 is 0 Å². The highest BCUT2D eigenvalue weighted by atomic mass is 15.2. The summed E-state index contributed by atoms with van der Waals surface area (Å²) in [7, 11) is 2.20. The Kier molecular flexibility index (Phi) is 3.94. The van der Waals surface area contributed by atoms with Gasteiger partial charge < -0.3 is 4.90 Å². The van der Waals surface area contributed by atoms with E-state index in [0.29, 0.717) is 0 Å². The Morgan fingerprint density at radius 1 is 1.00 bits per heavy atom. The predicted octanol–water partition coefficient (Wildman–Crippen LogP) is 1.59. The van der Waals surface area contributed by atoms with Crippen LogP contribution in [0, 0.1) is 0 Å². The monoisotopic (exact) mass is 182 g/mol. The van der Waals surface area contributed by atoms with E-state index < -0.39 is 0 Å². The van der Waals surface area contributed by atoms with Gasteiger partial charge in [0.1, 0.15) is 0 Å². The third-order valence-corrected chi connectivity index (χ3v) is 2.91. The van der Waals surface area contributed by atoms with Gasteiger partial charge in [-0.3, -0.25) is 4.90 Å². The van der Waals surface area contributed by atoms with E-state index in [2.05, 4.69) is 37.6 Å². The average molecular weight is 182 g/mol. The molecule has 0 atom stereocenters. The second-order valence-corrected chi connectivity index (χ2v) is 4.36. The lowest BCUT2D eigenvalue weighted by Crippen LogP contribution is -2.44. The lowest BCUT2D eigenvalue weighted by molar-refractivity contribution is 0.163. The molecule has 0 aromatic heterocycles. The predicted molar refractivity (Wildman–Crippen MR) is 58.0 cm³/mol. The van der Waals surface area contributed by atoms with Gasteiger partial charge in [0.05, 0.1) is 0 Å². The van der Waals surface area contributed by atoms with Crippen LogP contribution in [0.15, 0.2) is 11.1 Å². The summed E-state index contributed by atoms with van der Waals surface area (Å²) in [5.74, 6) is 0. The van der Waals surface area contributed by atoms with Crippen molar-refractivity contribution in [2.24, 2.45) is 0 Å². The van der Waals surface area contributed by atoms with Crippen molar-refractivity contribution in [3.05, 3.63) is 11.1 Å². The molecule has 1 heterocycles. The molecule has 0 aliphatic carbocycles. The van der Waals surface area contributed by atoms with Crippen molar-refractivity contribution in [3.63, 3.8) is 0 Å². The van der Waals surface area contributed by atoms with Crippen molar-refractivity contribution >= 4 is 0 Å². The number of rotatable bonds is 2. The number of piperazine rings is 1. The summed E-state index contributed by atoms with van der Waals surface area (Å²) < 4.78 is 0. The first-order valence-corrected chi connectivity index (χ1v) is 5.13. The van der Waals surface area contributed by atoms with Crippen molar-refractivity contribution in [2.45, 2.75) is 20.8 Å². The molecule has 0 unspecified atom stereocenters.